The molecule has 0 aliphatic heterocycles. The van der Waals surface area contributed by atoms with Gasteiger partial charge < -0.3 is 15.4 Å². The van der Waals surface area contributed by atoms with E-state index in [0.717, 1.165) is 4.47 Å². The number of halogens is 2. The number of amides is 3. The van der Waals surface area contributed by atoms with Crippen LogP contribution in [0.5, 0.6) is 5.75 Å². The monoisotopic (exact) mass is 540 g/mol. The molecule has 1 heterocycles. The molecule has 4 aromatic rings. The van der Waals surface area contributed by atoms with E-state index in [1.807, 2.05) is 0 Å². The third-order valence-corrected chi connectivity index (χ3v) is 5.59. The molecule has 0 aliphatic rings. The lowest BCUT2D eigenvalue weighted by Crippen LogP contribution is -2.36. The molecule has 0 atom stereocenters. The number of rotatable bonds is 5. The van der Waals surface area contributed by atoms with Crippen LogP contribution in [-0.4, -0.2) is 29.5 Å². The van der Waals surface area contributed by atoms with E-state index in [1.54, 1.807) is 72.8 Å². The van der Waals surface area contributed by atoms with Crippen LogP contribution >= 0.6 is 27.5 Å². The Morgan fingerprint density at radius 3 is 2.38 bits per heavy atom. The molecule has 0 unspecified atom stereocenters. The van der Waals surface area contributed by atoms with Crippen LogP contribution in [-0.2, 0) is 9.59 Å². The number of fused-ring (bicyclic) bond motifs is 1. The quantitative estimate of drug-likeness (QED) is 0.309. The van der Waals surface area contributed by atoms with Crippen LogP contribution in [0.4, 0.5) is 11.4 Å². The maximum absolute atomic E-state index is 13.0. The molecule has 0 saturated carbocycles. The number of ether oxygens (including phenoxy) is 1. The lowest BCUT2D eigenvalue weighted by Gasteiger charge is -2.13. The zero-order valence-corrected chi connectivity index (χ0v) is 20.1. The van der Waals surface area contributed by atoms with Crippen LogP contribution in [0.25, 0.3) is 10.9 Å². The number of carbonyl (C=O) groups is 3. The summed E-state index contributed by atoms with van der Waals surface area (Å²) in [5, 5.41) is 6.49. The van der Waals surface area contributed by atoms with Crippen LogP contribution < -0.4 is 20.8 Å². The number of hydrogen-bond acceptors (Lipinski definition) is 4. The number of hydrogen-bond donors (Lipinski definition) is 3. The molecule has 0 spiro atoms. The van der Waals surface area contributed by atoms with E-state index < -0.39 is 17.7 Å². The van der Waals surface area contributed by atoms with Gasteiger partial charge in [-0.25, -0.2) is 4.68 Å². The largest absolute Gasteiger partial charge is 0.497 e. The first-order chi connectivity index (χ1) is 16.3. The Hall–Kier alpha value is -3.82. The Kier molecular flexibility index (Phi) is 6.85. The standard InChI is InChI=1S/C24H18BrClN4O4/c1-34-19-4-2-3-18(13-19)28-23(32)24(33)29-30-20-10-5-15(25)11-14(20)12-21(30)22(31)27-17-8-6-16(26)7-9-17/h2-13H,1H3,(H,27,31)(H,28,32)(H,29,33). The van der Waals surface area contributed by atoms with Gasteiger partial charge in [0.05, 0.1) is 12.6 Å². The van der Waals surface area contributed by atoms with Gasteiger partial charge in [0, 0.05) is 32.3 Å². The second kappa shape index (κ2) is 9.98. The Balaban J connectivity index is 1.61. The summed E-state index contributed by atoms with van der Waals surface area (Å²) in [7, 11) is 1.50. The van der Waals surface area contributed by atoms with Gasteiger partial charge in [0.1, 0.15) is 11.4 Å². The summed E-state index contributed by atoms with van der Waals surface area (Å²) in [5.74, 6) is -1.82. The van der Waals surface area contributed by atoms with Crippen LogP contribution in [0.2, 0.25) is 5.02 Å². The van der Waals surface area contributed by atoms with Crippen LogP contribution in [0.3, 0.4) is 0 Å². The number of nitrogens with zero attached hydrogens (tertiary/aromatic N) is 1. The highest BCUT2D eigenvalue weighted by molar-refractivity contribution is 9.10. The number of methoxy groups -OCH3 is 1. The molecule has 3 amide bonds. The van der Waals surface area contributed by atoms with Gasteiger partial charge in [-0.2, -0.15) is 0 Å². The van der Waals surface area contributed by atoms with Crippen molar-refractivity contribution >= 4 is 67.5 Å². The van der Waals surface area contributed by atoms with Crippen molar-refractivity contribution in [3.05, 3.63) is 88.0 Å². The van der Waals surface area contributed by atoms with Crippen molar-refractivity contribution in [2.24, 2.45) is 0 Å². The second-order valence-electron chi connectivity index (χ2n) is 7.16. The van der Waals surface area contributed by atoms with E-state index in [1.165, 1.54) is 11.8 Å². The maximum atomic E-state index is 13.0. The topological polar surface area (TPSA) is 101 Å². The van der Waals surface area contributed by atoms with Crippen LogP contribution in [0.1, 0.15) is 10.5 Å². The van der Waals surface area contributed by atoms with Gasteiger partial charge in [-0.3, -0.25) is 19.8 Å². The van der Waals surface area contributed by atoms with Crippen LogP contribution in [0, 0.1) is 0 Å². The van der Waals surface area contributed by atoms with Gasteiger partial charge in [-0.05, 0) is 60.7 Å². The molecule has 3 aromatic carbocycles. The minimum Gasteiger partial charge on any atom is -0.497 e. The predicted octanol–water partition coefficient (Wildman–Crippen LogP) is 5.03. The predicted molar refractivity (Wildman–Crippen MR) is 135 cm³/mol. The van der Waals surface area contributed by atoms with Gasteiger partial charge in [-0.1, -0.05) is 33.6 Å². The molecule has 0 fully saturated rings. The molecule has 0 bridgehead atoms. The normalized spacial score (nSPS) is 10.6. The fraction of sp³-hybridized carbons (Fsp3) is 0.0417. The van der Waals surface area contributed by atoms with E-state index in [0.29, 0.717) is 33.0 Å². The molecule has 10 heteroatoms. The van der Waals surface area contributed by atoms with E-state index >= 15 is 0 Å². The Morgan fingerprint density at radius 2 is 1.65 bits per heavy atom. The first kappa shape index (κ1) is 23.3. The maximum Gasteiger partial charge on any atom is 0.328 e. The Labute approximate surface area is 207 Å². The van der Waals surface area contributed by atoms with Crippen molar-refractivity contribution < 1.29 is 19.1 Å². The average Bonchev–Trinajstić information content (AvgIpc) is 3.18. The Bertz CT molecular complexity index is 1400. The fourth-order valence-corrected chi connectivity index (χ4v) is 3.75. The van der Waals surface area contributed by atoms with Crippen molar-refractivity contribution in [3.63, 3.8) is 0 Å². The number of aromatic nitrogens is 1. The summed E-state index contributed by atoms with van der Waals surface area (Å²) in [5.41, 5.74) is 4.09. The molecule has 172 valence electrons. The third kappa shape index (κ3) is 5.22. The summed E-state index contributed by atoms with van der Waals surface area (Å²) in [6.45, 7) is 0. The number of benzene rings is 3. The van der Waals surface area contributed by atoms with E-state index in [4.69, 9.17) is 16.3 Å². The number of carbonyl (C=O) groups excluding carboxylic acids is 3. The summed E-state index contributed by atoms with van der Waals surface area (Å²) in [6.07, 6.45) is 0. The van der Waals surface area contributed by atoms with Crippen molar-refractivity contribution in [3.8, 4) is 5.75 Å². The summed E-state index contributed by atoms with van der Waals surface area (Å²) >= 11 is 9.31. The molecule has 0 aliphatic carbocycles. The molecular formula is C24H18BrClN4O4. The highest BCUT2D eigenvalue weighted by Crippen LogP contribution is 2.24. The van der Waals surface area contributed by atoms with Crippen molar-refractivity contribution in [2.45, 2.75) is 0 Å². The highest BCUT2D eigenvalue weighted by atomic mass is 79.9. The molecule has 0 radical (unpaired) electrons. The van der Waals surface area contributed by atoms with Crippen LogP contribution in [0.15, 0.2) is 77.3 Å². The first-order valence-electron chi connectivity index (χ1n) is 9.98. The lowest BCUT2D eigenvalue weighted by molar-refractivity contribution is -0.133. The molecule has 1 aromatic heterocycles. The van der Waals surface area contributed by atoms with Gasteiger partial charge >= 0.3 is 11.8 Å². The van der Waals surface area contributed by atoms with Gasteiger partial charge in [0.25, 0.3) is 5.91 Å². The van der Waals surface area contributed by atoms with Gasteiger partial charge in [0.2, 0.25) is 0 Å². The molecule has 3 N–H and O–H groups in total. The highest BCUT2D eigenvalue weighted by Gasteiger charge is 2.21. The molecule has 4 rings (SSSR count). The van der Waals surface area contributed by atoms with Crippen molar-refractivity contribution in [2.75, 3.05) is 23.2 Å². The summed E-state index contributed by atoms with van der Waals surface area (Å²) < 4.78 is 7.20. The minimum atomic E-state index is -0.955. The average molecular weight is 542 g/mol. The smallest absolute Gasteiger partial charge is 0.328 e. The zero-order valence-electron chi connectivity index (χ0n) is 17.8. The molecule has 34 heavy (non-hydrogen) atoms. The summed E-state index contributed by atoms with van der Waals surface area (Å²) in [4.78, 5) is 38.3. The first-order valence-corrected chi connectivity index (χ1v) is 11.2. The van der Waals surface area contributed by atoms with Gasteiger partial charge in [0.15, 0.2) is 0 Å². The summed E-state index contributed by atoms with van der Waals surface area (Å²) in [6, 6.07) is 20.1. The van der Waals surface area contributed by atoms with Gasteiger partial charge in [-0.15, -0.1) is 0 Å². The van der Waals surface area contributed by atoms with Crippen molar-refractivity contribution in [1.29, 1.82) is 0 Å². The fourth-order valence-electron chi connectivity index (χ4n) is 3.24. The molecular weight excluding hydrogens is 524 g/mol. The second-order valence-corrected chi connectivity index (χ2v) is 8.51. The third-order valence-electron chi connectivity index (χ3n) is 4.85. The molecule has 8 nitrogen and oxygen atoms in total. The van der Waals surface area contributed by atoms with Crippen molar-refractivity contribution in [1.82, 2.24) is 4.68 Å². The zero-order chi connectivity index (χ0) is 24.2. The van der Waals surface area contributed by atoms with E-state index in [9.17, 15) is 14.4 Å². The number of anilines is 2. The minimum absolute atomic E-state index is 0.130. The lowest BCUT2D eigenvalue weighted by atomic mass is 10.2. The number of nitrogens with one attached hydrogen (secondary N) is 3. The van der Waals surface area contributed by atoms with E-state index in [-0.39, 0.29) is 5.69 Å². The Morgan fingerprint density at radius 1 is 0.882 bits per heavy atom. The van der Waals surface area contributed by atoms with E-state index in [2.05, 4.69) is 32.0 Å². The molecule has 0 saturated heterocycles. The SMILES string of the molecule is COc1cccc(NC(=O)C(=O)Nn2c(C(=O)Nc3ccc(Cl)cc3)cc3cc(Br)ccc32)c1.